The molecule has 5 nitrogen and oxygen atoms in total. The van der Waals surface area contributed by atoms with E-state index >= 15 is 0 Å². The van der Waals surface area contributed by atoms with E-state index in [1.807, 2.05) is 27.7 Å². The van der Waals surface area contributed by atoms with Crippen LogP contribution in [0.25, 0.3) is 0 Å². The summed E-state index contributed by atoms with van der Waals surface area (Å²) in [4.78, 5) is 23.7. The van der Waals surface area contributed by atoms with Gasteiger partial charge in [0.1, 0.15) is 11.6 Å². The fourth-order valence-corrected chi connectivity index (χ4v) is 2.32. The van der Waals surface area contributed by atoms with Crippen molar-refractivity contribution in [3.63, 3.8) is 0 Å². The Morgan fingerprint density at radius 3 is 2.53 bits per heavy atom. The van der Waals surface area contributed by atoms with E-state index in [4.69, 9.17) is 9.84 Å². The van der Waals surface area contributed by atoms with Crippen LogP contribution in [-0.2, 0) is 16.0 Å². The summed E-state index contributed by atoms with van der Waals surface area (Å²) in [6, 6.07) is 1.59. The SMILES string of the molecule is CCc1cc(C(=O)O)c(NC(=O)COC(C)(C)C)s1. The number of carboxylic acids is 1. The predicted molar refractivity (Wildman–Crippen MR) is 75.0 cm³/mol. The Morgan fingerprint density at radius 1 is 1.42 bits per heavy atom. The van der Waals surface area contributed by atoms with Crippen LogP contribution in [0.15, 0.2) is 6.07 Å². The van der Waals surface area contributed by atoms with Crippen molar-refractivity contribution in [2.45, 2.75) is 39.7 Å². The smallest absolute Gasteiger partial charge is 0.338 e. The van der Waals surface area contributed by atoms with Gasteiger partial charge in [0.15, 0.2) is 0 Å². The molecule has 0 saturated carbocycles. The van der Waals surface area contributed by atoms with Gasteiger partial charge in [-0.05, 0) is 33.3 Å². The van der Waals surface area contributed by atoms with Crippen LogP contribution < -0.4 is 5.32 Å². The van der Waals surface area contributed by atoms with E-state index in [-0.39, 0.29) is 18.1 Å². The second-order valence-electron chi connectivity index (χ2n) is 5.06. The highest BCUT2D eigenvalue weighted by Gasteiger charge is 2.18. The zero-order valence-electron chi connectivity index (χ0n) is 11.6. The quantitative estimate of drug-likeness (QED) is 0.872. The third-order valence-electron chi connectivity index (χ3n) is 2.25. The molecule has 1 amide bonds. The van der Waals surface area contributed by atoms with Crippen LogP contribution >= 0.6 is 11.3 Å². The maximum absolute atomic E-state index is 11.7. The van der Waals surface area contributed by atoms with Gasteiger partial charge in [0.05, 0.1) is 11.2 Å². The molecule has 0 aromatic carbocycles. The minimum atomic E-state index is -1.04. The molecular weight excluding hydrogens is 266 g/mol. The first-order valence-corrected chi connectivity index (χ1v) is 6.84. The molecule has 1 rings (SSSR count). The summed E-state index contributed by atoms with van der Waals surface area (Å²) in [6.07, 6.45) is 0.735. The summed E-state index contributed by atoms with van der Waals surface area (Å²) in [5.74, 6) is -1.38. The summed E-state index contributed by atoms with van der Waals surface area (Å²) < 4.78 is 5.34. The van der Waals surface area contributed by atoms with Gasteiger partial charge in [-0.25, -0.2) is 4.79 Å². The maximum Gasteiger partial charge on any atom is 0.338 e. The summed E-state index contributed by atoms with van der Waals surface area (Å²) in [5, 5.41) is 12.0. The lowest BCUT2D eigenvalue weighted by molar-refractivity contribution is -0.125. The molecule has 6 heteroatoms. The van der Waals surface area contributed by atoms with Gasteiger partial charge in [-0.2, -0.15) is 0 Å². The summed E-state index contributed by atoms with van der Waals surface area (Å²) in [5.41, 5.74) is -0.275. The first kappa shape index (κ1) is 15.7. The number of hydrogen-bond acceptors (Lipinski definition) is 4. The van der Waals surface area contributed by atoms with Crippen molar-refractivity contribution in [2.24, 2.45) is 0 Å². The van der Waals surface area contributed by atoms with E-state index in [0.29, 0.717) is 5.00 Å². The molecule has 0 aliphatic carbocycles. The molecule has 1 aromatic rings. The molecule has 106 valence electrons. The number of aromatic carboxylic acids is 1. The van der Waals surface area contributed by atoms with Crippen LogP contribution in [0.1, 0.15) is 42.9 Å². The molecular formula is C13H19NO4S. The summed E-state index contributed by atoms with van der Waals surface area (Å²) in [6.45, 7) is 7.39. The fraction of sp³-hybridized carbons (Fsp3) is 0.538. The first-order chi connectivity index (χ1) is 8.73. The normalized spacial score (nSPS) is 11.4. The highest BCUT2D eigenvalue weighted by atomic mass is 32.1. The minimum absolute atomic E-state index is 0.0953. The molecule has 0 saturated heterocycles. The van der Waals surface area contributed by atoms with E-state index in [1.165, 1.54) is 11.3 Å². The standard InChI is InChI=1S/C13H19NO4S/c1-5-8-6-9(12(16)17)11(19-8)14-10(15)7-18-13(2,3)4/h6H,5,7H2,1-4H3,(H,14,15)(H,16,17). The maximum atomic E-state index is 11.7. The van der Waals surface area contributed by atoms with Crippen molar-refractivity contribution >= 4 is 28.2 Å². The van der Waals surface area contributed by atoms with E-state index < -0.39 is 11.6 Å². The number of ether oxygens (including phenoxy) is 1. The van der Waals surface area contributed by atoms with E-state index in [9.17, 15) is 9.59 Å². The number of carbonyl (C=O) groups is 2. The van der Waals surface area contributed by atoms with E-state index in [0.717, 1.165) is 11.3 Å². The number of thiophene rings is 1. The average Bonchev–Trinajstić information content (AvgIpc) is 2.69. The Kier molecular flexibility index (Phi) is 5.08. The van der Waals surface area contributed by atoms with Gasteiger partial charge in [0.25, 0.3) is 5.91 Å². The van der Waals surface area contributed by atoms with Gasteiger partial charge in [0, 0.05) is 4.88 Å². The number of nitrogens with one attached hydrogen (secondary N) is 1. The fourth-order valence-electron chi connectivity index (χ4n) is 1.31. The number of anilines is 1. The molecule has 0 atom stereocenters. The molecule has 0 bridgehead atoms. The summed E-state index contributed by atoms with van der Waals surface area (Å²) >= 11 is 1.28. The molecule has 0 aliphatic rings. The second-order valence-corrected chi connectivity index (χ2v) is 6.20. The molecule has 19 heavy (non-hydrogen) atoms. The third-order valence-corrected chi connectivity index (χ3v) is 3.45. The van der Waals surface area contributed by atoms with Crippen molar-refractivity contribution in [3.05, 3.63) is 16.5 Å². The molecule has 0 radical (unpaired) electrons. The van der Waals surface area contributed by atoms with Gasteiger partial charge in [-0.1, -0.05) is 6.92 Å². The number of carboxylic acid groups (broad SMARTS) is 1. The highest BCUT2D eigenvalue weighted by molar-refractivity contribution is 7.16. The van der Waals surface area contributed by atoms with Gasteiger partial charge >= 0.3 is 5.97 Å². The Bertz CT molecular complexity index is 473. The van der Waals surface area contributed by atoms with Crippen molar-refractivity contribution < 1.29 is 19.4 Å². The van der Waals surface area contributed by atoms with Crippen molar-refractivity contribution in [1.29, 1.82) is 0 Å². The van der Waals surface area contributed by atoms with Crippen LogP contribution in [0.2, 0.25) is 0 Å². The predicted octanol–water partition coefficient (Wildman–Crippen LogP) is 2.76. The van der Waals surface area contributed by atoms with Crippen LogP contribution in [-0.4, -0.2) is 29.2 Å². The van der Waals surface area contributed by atoms with Gasteiger partial charge in [0.2, 0.25) is 0 Å². The Morgan fingerprint density at radius 2 is 2.05 bits per heavy atom. The third kappa shape index (κ3) is 5.00. The molecule has 0 unspecified atom stereocenters. The molecule has 0 fully saturated rings. The van der Waals surface area contributed by atoms with Gasteiger partial charge in [-0.15, -0.1) is 11.3 Å². The highest BCUT2D eigenvalue weighted by Crippen LogP contribution is 2.28. The van der Waals surface area contributed by atoms with Crippen LogP contribution in [0, 0.1) is 0 Å². The first-order valence-electron chi connectivity index (χ1n) is 6.02. The number of rotatable bonds is 5. The lowest BCUT2D eigenvalue weighted by Gasteiger charge is -2.18. The van der Waals surface area contributed by atoms with Gasteiger partial charge in [-0.3, -0.25) is 4.79 Å². The molecule has 0 aliphatic heterocycles. The van der Waals surface area contributed by atoms with Crippen molar-refractivity contribution in [2.75, 3.05) is 11.9 Å². The Labute approximate surface area is 116 Å². The number of aryl methyl sites for hydroxylation is 1. The number of amides is 1. The average molecular weight is 285 g/mol. The molecule has 0 spiro atoms. The van der Waals surface area contributed by atoms with Crippen molar-refractivity contribution in [3.8, 4) is 0 Å². The topological polar surface area (TPSA) is 75.6 Å². The summed E-state index contributed by atoms with van der Waals surface area (Å²) in [7, 11) is 0. The molecule has 2 N–H and O–H groups in total. The van der Waals surface area contributed by atoms with Crippen molar-refractivity contribution in [1.82, 2.24) is 0 Å². The van der Waals surface area contributed by atoms with Crippen LogP contribution in [0.5, 0.6) is 0 Å². The van der Waals surface area contributed by atoms with Crippen LogP contribution in [0.4, 0.5) is 5.00 Å². The zero-order chi connectivity index (χ0) is 14.6. The number of hydrogen-bond donors (Lipinski definition) is 2. The van der Waals surface area contributed by atoms with E-state index in [2.05, 4.69) is 5.32 Å². The minimum Gasteiger partial charge on any atom is -0.478 e. The Hall–Kier alpha value is -1.40. The second kappa shape index (κ2) is 6.16. The number of carbonyl (C=O) groups excluding carboxylic acids is 1. The zero-order valence-corrected chi connectivity index (χ0v) is 12.4. The lowest BCUT2D eigenvalue weighted by Crippen LogP contribution is -2.27. The lowest BCUT2D eigenvalue weighted by atomic mass is 10.2. The Balaban J connectivity index is 2.73. The largest absolute Gasteiger partial charge is 0.478 e. The monoisotopic (exact) mass is 285 g/mol. The molecule has 1 heterocycles. The van der Waals surface area contributed by atoms with Gasteiger partial charge < -0.3 is 15.2 Å². The molecule has 1 aromatic heterocycles. The van der Waals surface area contributed by atoms with E-state index in [1.54, 1.807) is 6.07 Å². The van der Waals surface area contributed by atoms with Crippen LogP contribution in [0.3, 0.4) is 0 Å².